The molecule has 0 radical (unpaired) electrons. The molecule has 5 nitrogen and oxygen atoms in total. The van der Waals surface area contributed by atoms with Crippen LogP contribution in [0, 0.1) is 5.82 Å². The molecular formula is C12H15FN2O3. The summed E-state index contributed by atoms with van der Waals surface area (Å²) >= 11 is 0. The number of hydrogen-bond acceptors (Lipinski definition) is 4. The van der Waals surface area contributed by atoms with Crippen LogP contribution in [0.5, 0.6) is 0 Å². The van der Waals surface area contributed by atoms with Crippen LogP contribution in [-0.2, 0) is 9.53 Å². The van der Waals surface area contributed by atoms with Crippen LogP contribution in [-0.4, -0.2) is 37.0 Å². The van der Waals surface area contributed by atoms with Gasteiger partial charge in [-0.05, 0) is 25.1 Å². The van der Waals surface area contributed by atoms with Crippen molar-refractivity contribution in [3.63, 3.8) is 0 Å². The lowest BCUT2D eigenvalue weighted by Crippen LogP contribution is -2.33. The molecule has 0 bridgehead atoms. The lowest BCUT2D eigenvalue weighted by atomic mass is 10.1. The number of rotatable bonds is 4. The van der Waals surface area contributed by atoms with Gasteiger partial charge in [0.1, 0.15) is 12.4 Å². The second-order valence-corrected chi connectivity index (χ2v) is 3.74. The van der Waals surface area contributed by atoms with E-state index in [4.69, 9.17) is 10.5 Å². The Morgan fingerprint density at radius 2 is 2.06 bits per heavy atom. The molecule has 98 valence electrons. The molecule has 18 heavy (non-hydrogen) atoms. The first kappa shape index (κ1) is 14.0. The van der Waals surface area contributed by atoms with E-state index >= 15 is 0 Å². The number of esters is 1. The first-order chi connectivity index (χ1) is 8.43. The van der Waals surface area contributed by atoms with Crippen LogP contribution < -0.4 is 5.73 Å². The third kappa shape index (κ3) is 3.73. The molecule has 1 aromatic carbocycles. The van der Waals surface area contributed by atoms with E-state index in [-0.39, 0.29) is 24.4 Å². The van der Waals surface area contributed by atoms with Crippen LogP contribution >= 0.6 is 0 Å². The second kappa shape index (κ2) is 6.00. The Balaban J connectivity index is 2.77. The van der Waals surface area contributed by atoms with Crippen LogP contribution in [0.1, 0.15) is 17.3 Å². The highest BCUT2D eigenvalue weighted by atomic mass is 19.1. The molecule has 0 unspecified atom stereocenters. The third-order valence-electron chi connectivity index (χ3n) is 2.19. The summed E-state index contributed by atoms with van der Waals surface area (Å²) in [4.78, 5) is 24.2. The van der Waals surface area contributed by atoms with E-state index < -0.39 is 17.7 Å². The maximum atomic E-state index is 13.1. The maximum absolute atomic E-state index is 13.1. The molecule has 0 aliphatic heterocycles. The molecule has 1 rings (SSSR count). The van der Waals surface area contributed by atoms with Crippen LogP contribution in [0.25, 0.3) is 0 Å². The van der Waals surface area contributed by atoms with E-state index in [1.807, 2.05) is 0 Å². The second-order valence-electron chi connectivity index (χ2n) is 3.74. The number of anilines is 1. The first-order valence-electron chi connectivity index (χ1n) is 5.41. The van der Waals surface area contributed by atoms with Crippen molar-refractivity contribution in [3.8, 4) is 0 Å². The topological polar surface area (TPSA) is 72.6 Å². The summed E-state index contributed by atoms with van der Waals surface area (Å²) < 4.78 is 17.8. The van der Waals surface area contributed by atoms with Gasteiger partial charge in [0, 0.05) is 18.3 Å². The molecule has 1 aromatic rings. The predicted molar refractivity (Wildman–Crippen MR) is 64.4 cm³/mol. The molecule has 0 aliphatic rings. The summed E-state index contributed by atoms with van der Waals surface area (Å²) in [7, 11) is 1.43. The fourth-order valence-corrected chi connectivity index (χ4v) is 1.43. The van der Waals surface area contributed by atoms with E-state index in [2.05, 4.69) is 0 Å². The molecule has 2 N–H and O–H groups in total. The Morgan fingerprint density at radius 3 is 2.61 bits per heavy atom. The van der Waals surface area contributed by atoms with Crippen molar-refractivity contribution >= 4 is 17.6 Å². The van der Waals surface area contributed by atoms with Gasteiger partial charge in [0.2, 0.25) is 0 Å². The van der Waals surface area contributed by atoms with Gasteiger partial charge in [-0.15, -0.1) is 0 Å². The van der Waals surface area contributed by atoms with Gasteiger partial charge >= 0.3 is 5.97 Å². The molecule has 0 aliphatic carbocycles. The number of nitrogen functional groups attached to an aromatic ring is 1. The summed E-state index contributed by atoms with van der Waals surface area (Å²) in [6, 6.07) is 3.54. The molecule has 0 aromatic heterocycles. The first-order valence-corrected chi connectivity index (χ1v) is 5.41. The SMILES string of the molecule is CCOC(=O)CN(C)C(=O)c1cc(N)cc(F)c1. The molecule has 0 saturated carbocycles. The number of nitrogens with two attached hydrogens (primary N) is 1. The highest BCUT2D eigenvalue weighted by Crippen LogP contribution is 2.12. The highest BCUT2D eigenvalue weighted by Gasteiger charge is 2.16. The van der Waals surface area contributed by atoms with Gasteiger partial charge in [0.05, 0.1) is 6.61 Å². The van der Waals surface area contributed by atoms with Gasteiger partial charge < -0.3 is 15.4 Å². The largest absolute Gasteiger partial charge is 0.465 e. The van der Waals surface area contributed by atoms with Crippen molar-refractivity contribution in [3.05, 3.63) is 29.6 Å². The quantitative estimate of drug-likeness (QED) is 0.643. The number of hydrogen-bond donors (Lipinski definition) is 1. The monoisotopic (exact) mass is 254 g/mol. The van der Waals surface area contributed by atoms with Gasteiger partial charge in [0.15, 0.2) is 0 Å². The standard InChI is InChI=1S/C12H15FN2O3/c1-3-18-11(16)7-15(2)12(17)8-4-9(13)6-10(14)5-8/h4-6H,3,7,14H2,1-2H3. The minimum Gasteiger partial charge on any atom is -0.465 e. The molecule has 0 spiro atoms. The summed E-state index contributed by atoms with van der Waals surface area (Å²) in [6.45, 7) is 1.73. The Labute approximate surface area is 104 Å². The Morgan fingerprint density at radius 1 is 1.39 bits per heavy atom. The molecule has 0 atom stereocenters. The molecule has 0 saturated heterocycles. The molecule has 0 heterocycles. The summed E-state index contributed by atoms with van der Waals surface area (Å²) in [5.41, 5.74) is 5.70. The number of carbonyl (C=O) groups excluding carboxylic acids is 2. The Hall–Kier alpha value is -2.11. The van der Waals surface area contributed by atoms with Crippen molar-refractivity contribution in [1.29, 1.82) is 0 Å². The smallest absolute Gasteiger partial charge is 0.325 e. The normalized spacial score (nSPS) is 9.94. The fourth-order valence-electron chi connectivity index (χ4n) is 1.43. The van der Waals surface area contributed by atoms with E-state index in [0.29, 0.717) is 0 Å². The van der Waals surface area contributed by atoms with Crippen molar-refractivity contribution in [2.24, 2.45) is 0 Å². The van der Waals surface area contributed by atoms with Gasteiger partial charge in [-0.3, -0.25) is 9.59 Å². The lowest BCUT2D eigenvalue weighted by Gasteiger charge is -2.16. The van der Waals surface area contributed by atoms with Gasteiger partial charge in [0.25, 0.3) is 5.91 Å². The average molecular weight is 254 g/mol. The maximum Gasteiger partial charge on any atom is 0.325 e. The van der Waals surface area contributed by atoms with Gasteiger partial charge in [-0.1, -0.05) is 0 Å². The Kier molecular flexibility index (Phi) is 4.65. The number of halogens is 1. The zero-order valence-electron chi connectivity index (χ0n) is 10.3. The summed E-state index contributed by atoms with van der Waals surface area (Å²) in [5.74, 6) is -1.60. The number of benzene rings is 1. The minimum atomic E-state index is -0.595. The van der Waals surface area contributed by atoms with Crippen LogP contribution in [0.3, 0.4) is 0 Å². The lowest BCUT2D eigenvalue weighted by molar-refractivity contribution is -0.143. The average Bonchev–Trinajstić information content (AvgIpc) is 2.26. The van der Waals surface area contributed by atoms with E-state index in [9.17, 15) is 14.0 Å². The molecule has 0 fully saturated rings. The van der Waals surface area contributed by atoms with Crippen LogP contribution in [0.15, 0.2) is 18.2 Å². The number of ether oxygens (including phenoxy) is 1. The number of carbonyl (C=O) groups is 2. The Bertz CT molecular complexity index is 442. The zero-order chi connectivity index (χ0) is 13.7. The van der Waals surface area contributed by atoms with E-state index in [0.717, 1.165) is 17.0 Å². The fraction of sp³-hybridized carbons (Fsp3) is 0.333. The number of likely N-dealkylation sites (N-methyl/N-ethyl adjacent to an activating group) is 1. The highest BCUT2D eigenvalue weighted by molar-refractivity contribution is 5.96. The van der Waals surface area contributed by atoms with Crippen molar-refractivity contribution < 1.29 is 18.7 Å². The van der Waals surface area contributed by atoms with Crippen molar-refractivity contribution in [2.45, 2.75) is 6.92 Å². The van der Waals surface area contributed by atoms with Crippen molar-refractivity contribution in [1.82, 2.24) is 4.90 Å². The summed E-state index contributed by atoms with van der Waals surface area (Å²) in [5, 5.41) is 0. The number of amides is 1. The molecular weight excluding hydrogens is 239 g/mol. The minimum absolute atomic E-state index is 0.0966. The van der Waals surface area contributed by atoms with E-state index in [1.54, 1.807) is 6.92 Å². The van der Waals surface area contributed by atoms with Crippen LogP contribution in [0.4, 0.5) is 10.1 Å². The molecule has 6 heteroatoms. The van der Waals surface area contributed by atoms with E-state index in [1.165, 1.54) is 13.1 Å². The van der Waals surface area contributed by atoms with Gasteiger partial charge in [-0.25, -0.2) is 4.39 Å². The zero-order valence-corrected chi connectivity index (χ0v) is 10.3. The molecule has 1 amide bonds. The third-order valence-corrected chi connectivity index (χ3v) is 2.19. The predicted octanol–water partition coefficient (Wildman–Crippen LogP) is 1.04. The van der Waals surface area contributed by atoms with Crippen LogP contribution in [0.2, 0.25) is 0 Å². The number of nitrogens with zero attached hydrogens (tertiary/aromatic N) is 1. The van der Waals surface area contributed by atoms with Gasteiger partial charge in [-0.2, -0.15) is 0 Å². The summed E-state index contributed by atoms with van der Waals surface area (Å²) in [6.07, 6.45) is 0. The van der Waals surface area contributed by atoms with Crippen molar-refractivity contribution in [2.75, 3.05) is 25.9 Å².